The number of benzene rings is 1. The van der Waals surface area contributed by atoms with Crippen molar-refractivity contribution in [1.29, 1.82) is 0 Å². The van der Waals surface area contributed by atoms with Gasteiger partial charge in [0.15, 0.2) is 0 Å². The van der Waals surface area contributed by atoms with Crippen molar-refractivity contribution >= 4 is 22.4 Å². The van der Waals surface area contributed by atoms with E-state index in [0.29, 0.717) is 12.4 Å². The molecule has 1 N–H and O–H groups in total. The zero-order valence-electron chi connectivity index (χ0n) is 9.80. The first kappa shape index (κ1) is 11.9. The van der Waals surface area contributed by atoms with Crippen LogP contribution in [-0.2, 0) is 0 Å². The highest BCUT2D eigenvalue weighted by Crippen LogP contribution is 2.20. The van der Waals surface area contributed by atoms with E-state index in [1.165, 1.54) is 12.1 Å². The molecular formula is C13H11N3O2. The lowest BCUT2D eigenvalue weighted by Crippen LogP contribution is -2.00. The number of nitro benzene ring substituents is 1. The van der Waals surface area contributed by atoms with Crippen LogP contribution < -0.4 is 5.32 Å². The lowest BCUT2D eigenvalue weighted by molar-refractivity contribution is -0.384. The van der Waals surface area contributed by atoms with Crippen molar-refractivity contribution in [1.82, 2.24) is 4.98 Å². The van der Waals surface area contributed by atoms with Crippen LogP contribution >= 0.6 is 0 Å². The molecule has 1 heterocycles. The summed E-state index contributed by atoms with van der Waals surface area (Å²) in [5.74, 6) is 6.37. The second-order valence-electron chi connectivity index (χ2n) is 3.61. The van der Waals surface area contributed by atoms with Gasteiger partial charge in [0.05, 0.1) is 17.0 Å². The average Bonchev–Trinajstić information content (AvgIpc) is 2.38. The largest absolute Gasteiger partial charge is 0.359 e. The number of aromatic nitrogens is 1. The molecule has 2 aromatic rings. The van der Waals surface area contributed by atoms with Gasteiger partial charge in [0, 0.05) is 17.5 Å². The Kier molecular flexibility index (Phi) is 3.39. The molecule has 5 nitrogen and oxygen atoms in total. The summed E-state index contributed by atoms with van der Waals surface area (Å²) >= 11 is 0. The van der Waals surface area contributed by atoms with E-state index in [9.17, 15) is 10.1 Å². The molecule has 0 bridgehead atoms. The normalized spacial score (nSPS) is 9.61. The maximum atomic E-state index is 10.6. The highest BCUT2D eigenvalue weighted by atomic mass is 16.6. The van der Waals surface area contributed by atoms with Gasteiger partial charge in [-0.1, -0.05) is 5.92 Å². The fraction of sp³-hybridized carbons (Fsp3) is 0.154. The third-order valence-corrected chi connectivity index (χ3v) is 2.42. The summed E-state index contributed by atoms with van der Waals surface area (Å²) < 4.78 is 0. The van der Waals surface area contributed by atoms with Crippen LogP contribution in [0.3, 0.4) is 0 Å². The summed E-state index contributed by atoms with van der Waals surface area (Å²) in [6.07, 6.45) is 0. The standard InChI is InChI=1S/C13H11N3O2/c1-2-3-8-14-13-7-4-10-9-11(16(17)18)5-6-12(10)15-13/h4-7,9H,8H2,1H3,(H,14,15). The third kappa shape index (κ3) is 2.55. The Morgan fingerprint density at radius 1 is 1.39 bits per heavy atom. The molecule has 0 saturated carbocycles. The Balaban J connectivity index is 2.31. The minimum atomic E-state index is -0.414. The topological polar surface area (TPSA) is 68.1 Å². The van der Waals surface area contributed by atoms with Crippen molar-refractivity contribution < 1.29 is 4.92 Å². The number of anilines is 1. The molecule has 0 radical (unpaired) electrons. The van der Waals surface area contributed by atoms with Gasteiger partial charge < -0.3 is 5.32 Å². The minimum Gasteiger partial charge on any atom is -0.359 e. The Bertz CT molecular complexity index is 656. The molecule has 0 atom stereocenters. The molecule has 0 aliphatic rings. The zero-order chi connectivity index (χ0) is 13.0. The van der Waals surface area contributed by atoms with Crippen LogP contribution in [0, 0.1) is 22.0 Å². The van der Waals surface area contributed by atoms with Gasteiger partial charge in [-0.25, -0.2) is 4.98 Å². The van der Waals surface area contributed by atoms with Crippen LogP contribution in [0.15, 0.2) is 30.3 Å². The highest BCUT2D eigenvalue weighted by molar-refractivity contribution is 5.82. The van der Waals surface area contributed by atoms with Gasteiger partial charge in [-0.15, -0.1) is 5.92 Å². The smallest absolute Gasteiger partial charge is 0.270 e. The monoisotopic (exact) mass is 241 g/mol. The molecule has 0 fully saturated rings. The number of nitro groups is 1. The van der Waals surface area contributed by atoms with E-state index in [-0.39, 0.29) is 5.69 Å². The van der Waals surface area contributed by atoms with Crippen molar-refractivity contribution in [3.63, 3.8) is 0 Å². The number of hydrogen-bond acceptors (Lipinski definition) is 4. The van der Waals surface area contributed by atoms with E-state index in [1.54, 1.807) is 25.1 Å². The molecule has 0 aliphatic carbocycles. The minimum absolute atomic E-state index is 0.0712. The van der Waals surface area contributed by atoms with E-state index >= 15 is 0 Å². The quantitative estimate of drug-likeness (QED) is 0.509. The van der Waals surface area contributed by atoms with Crippen molar-refractivity contribution in [3.05, 3.63) is 40.4 Å². The number of non-ortho nitro benzene ring substituents is 1. The lowest BCUT2D eigenvalue weighted by atomic mass is 10.2. The molecule has 0 amide bonds. The zero-order valence-corrected chi connectivity index (χ0v) is 9.80. The molecule has 0 unspecified atom stereocenters. The summed E-state index contributed by atoms with van der Waals surface area (Å²) in [5.41, 5.74) is 0.789. The maximum Gasteiger partial charge on any atom is 0.270 e. The van der Waals surface area contributed by atoms with Gasteiger partial charge in [0.1, 0.15) is 5.82 Å². The molecule has 5 heteroatoms. The number of rotatable bonds is 3. The van der Waals surface area contributed by atoms with E-state index in [0.717, 1.165) is 10.9 Å². The van der Waals surface area contributed by atoms with E-state index < -0.39 is 4.92 Å². The highest BCUT2D eigenvalue weighted by Gasteiger charge is 2.06. The van der Waals surface area contributed by atoms with Crippen LogP contribution in [0.4, 0.5) is 11.5 Å². The molecule has 1 aromatic heterocycles. The fourth-order valence-electron chi connectivity index (χ4n) is 1.55. The summed E-state index contributed by atoms with van der Waals surface area (Å²) in [6.45, 7) is 2.30. The van der Waals surface area contributed by atoms with Gasteiger partial charge in [0.25, 0.3) is 5.69 Å². The molecule has 1 aromatic carbocycles. The molecule has 0 aliphatic heterocycles. The molecule has 0 spiro atoms. The maximum absolute atomic E-state index is 10.6. The Morgan fingerprint density at radius 3 is 2.94 bits per heavy atom. The van der Waals surface area contributed by atoms with Gasteiger partial charge in [0.2, 0.25) is 0 Å². The fourth-order valence-corrected chi connectivity index (χ4v) is 1.55. The van der Waals surface area contributed by atoms with Crippen LogP contribution in [0.2, 0.25) is 0 Å². The predicted molar refractivity (Wildman–Crippen MR) is 70.3 cm³/mol. The molecule has 0 saturated heterocycles. The van der Waals surface area contributed by atoms with Gasteiger partial charge >= 0.3 is 0 Å². The summed E-state index contributed by atoms with van der Waals surface area (Å²) in [7, 11) is 0. The first-order valence-corrected chi connectivity index (χ1v) is 5.39. The summed E-state index contributed by atoms with van der Waals surface area (Å²) in [6, 6.07) is 8.19. The Morgan fingerprint density at radius 2 is 2.22 bits per heavy atom. The van der Waals surface area contributed by atoms with Crippen LogP contribution in [0.1, 0.15) is 6.92 Å². The van der Waals surface area contributed by atoms with E-state index in [2.05, 4.69) is 22.1 Å². The predicted octanol–water partition coefficient (Wildman–Crippen LogP) is 2.58. The van der Waals surface area contributed by atoms with Gasteiger partial charge in [-0.2, -0.15) is 0 Å². The number of hydrogen-bond donors (Lipinski definition) is 1. The summed E-state index contributed by atoms with van der Waals surface area (Å²) in [4.78, 5) is 14.6. The average molecular weight is 241 g/mol. The van der Waals surface area contributed by atoms with Crippen molar-refractivity contribution in [3.8, 4) is 11.8 Å². The second-order valence-corrected chi connectivity index (χ2v) is 3.61. The van der Waals surface area contributed by atoms with Crippen molar-refractivity contribution in [2.45, 2.75) is 6.92 Å². The number of fused-ring (bicyclic) bond motifs is 1. The van der Waals surface area contributed by atoms with E-state index in [1.807, 2.05) is 0 Å². The number of pyridine rings is 1. The molecule has 18 heavy (non-hydrogen) atoms. The third-order valence-electron chi connectivity index (χ3n) is 2.42. The Labute approximate surface area is 104 Å². The van der Waals surface area contributed by atoms with Crippen LogP contribution in [0.5, 0.6) is 0 Å². The number of nitrogens with one attached hydrogen (secondary N) is 1. The molecule has 90 valence electrons. The van der Waals surface area contributed by atoms with Gasteiger partial charge in [-0.3, -0.25) is 10.1 Å². The SMILES string of the molecule is CC#CCNc1ccc2cc([N+](=O)[O-])ccc2n1. The molecule has 2 rings (SSSR count). The first-order valence-electron chi connectivity index (χ1n) is 5.39. The van der Waals surface area contributed by atoms with E-state index in [4.69, 9.17) is 0 Å². The van der Waals surface area contributed by atoms with Gasteiger partial charge in [-0.05, 0) is 25.1 Å². The van der Waals surface area contributed by atoms with Crippen molar-refractivity contribution in [2.75, 3.05) is 11.9 Å². The number of nitrogens with zero attached hydrogens (tertiary/aromatic N) is 2. The molecular weight excluding hydrogens is 230 g/mol. The van der Waals surface area contributed by atoms with Crippen LogP contribution in [0.25, 0.3) is 10.9 Å². The Hall–Kier alpha value is -2.61. The lowest BCUT2D eigenvalue weighted by Gasteiger charge is -2.03. The first-order chi connectivity index (χ1) is 8.70. The van der Waals surface area contributed by atoms with Crippen LogP contribution in [-0.4, -0.2) is 16.5 Å². The second kappa shape index (κ2) is 5.15. The van der Waals surface area contributed by atoms with Crippen molar-refractivity contribution in [2.24, 2.45) is 0 Å². The summed E-state index contributed by atoms with van der Waals surface area (Å²) in [5, 5.41) is 14.4.